The Morgan fingerprint density at radius 1 is 0.844 bits per heavy atom. The highest BCUT2D eigenvalue weighted by atomic mass is 35.5. The Balaban J connectivity index is 1.84. The molecule has 2 amide bonds. The number of sulfonamides is 1. The van der Waals surface area contributed by atoms with Gasteiger partial charge in [-0.15, -0.1) is 0 Å². The van der Waals surface area contributed by atoms with Crippen molar-refractivity contribution < 1.29 is 18.0 Å². The number of nitrogens with zero attached hydrogens (tertiary/aromatic N) is 2. The Bertz CT molecular complexity index is 1750. The minimum atomic E-state index is -4.30. The molecule has 0 aliphatic heterocycles. The molecule has 45 heavy (non-hydrogen) atoms. The van der Waals surface area contributed by atoms with E-state index in [1.54, 1.807) is 18.2 Å². The van der Waals surface area contributed by atoms with Crippen molar-refractivity contribution in [2.45, 2.75) is 57.6 Å². The number of rotatable bonds is 12. The molecule has 0 fully saturated rings. The first-order valence-electron chi connectivity index (χ1n) is 14.6. The van der Waals surface area contributed by atoms with Crippen LogP contribution >= 0.6 is 23.2 Å². The molecular weight excluding hydrogens is 629 g/mol. The molecule has 10 heteroatoms. The smallest absolute Gasteiger partial charge is 0.264 e. The van der Waals surface area contributed by atoms with E-state index in [0.717, 1.165) is 26.6 Å². The fourth-order valence-electron chi connectivity index (χ4n) is 4.93. The van der Waals surface area contributed by atoms with Gasteiger partial charge in [-0.2, -0.15) is 0 Å². The first kappa shape index (κ1) is 34.0. The van der Waals surface area contributed by atoms with Crippen molar-refractivity contribution in [2.24, 2.45) is 0 Å². The minimum absolute atomic E-state index is 0.0132. The summed E-state index contributed by atoms with van der Waals surface area (Å²) >= 11 is 12.9. The van der Waals surface area contributed by atoms with E-state index < -0.39 is 28.5 Å². The molecule has 0 aliphatic carbocycles. The molecule has 0 radical (unpaired) electrons. The van der Waals surface area contributed by atoms with E-state index in [-0.39, 0.29) is 45.5 Å². The van der Waals surface area contributed by atoms with E-state index in [4.69, 9.17) is 23.2 Å². The molecule has 0 saturated carbocycles. The van der Waals surface area contributed by atoms with Crippen LogP contribution in [0, 0.1) is 13.8 Å². The van der Waals surface area contributed by atoms with Crippen LogP contribution in [0.4, 0.5) is 5.69 Å². The second-order valence-electron chi connectivity index (χ2n) is 11.2. The van der Waals surface area contributed by atoms with E-state index in [2.05, 4.69) is 5.32 Å². The highest BCUT2D eigenvalue weighted by molar-refractivity contribution is 7.92. The van der Waals surface area contributed by atoms with E-state index in [1.807, 2.05) is 82.3 Å². The zero-order chi connectivity index (χ0) is 32.7. The lowest BCUT2D eigenvalue weighted by molar-refractivity contribution is -0.140. The van der Waals surface area contributed by atoms with Crippen LogP contribution in [0.25, 0.3) is 0 Å². The maximum absolute atomic E-state index is 14.6. The Labute approximate surface area is 275 Å². The topological polar surface area (TPSA) is 86.8 Å². The lowest BCUT2D eigenvalue weighted by atomic mass is 10.0. The average molecular weight is 667 g/mol. The van der Waals surface area contributed by atoms with Gasteiger partial charge in [0.15, 0.2) is 0 Å². The van der Waals surface area contributed by atoms with Crippen LogP contribution in [-0.2, 0) is 32.6 Å². The number of hydrogen-bond donors (Lipinski definition) is 1. The molecule has 0 bridgehead atoms. The zero-order valence-corrected chi connectivity index (χ0v) is 28.0. The maximum atomic E-state index is 14.6. The van der Waals surface area contributed by atoms with Crippen LogP contribution in [0.1, 0.15) is 36.1 Å². The highest BCUT2D eigenvalue weighted by Crippen LogP contribution is 2.33. The van der Waals surface area contributed by atoms with Gasteiger partial charge in [-0.25, -0.2) is 8.42 Å². The number of hydrogen-bond acceptors (Lipinski definition) is 4. The molecule has 1 N–H and O–H groups in total. The molecule has 0 saturated heterocycles. The molecule has 0 aliphatic rings. The summed E-state index contributed by atoms with van der Waals surface area (Å²) in [5.74, 6) is -0.922. The summed E-state index contributed by atoms with van der Waals surface area (Å²) in [6.07, 6.45) is 0.222. The highest BCUT2D eigenvalue weighted by Gasteiger charge is 2.35. The Kier molecular flexibility index (Phi) is 11.3. The summed E-state index contributed by atoms with van der Waals surface area (Å²) in [7, 11) is -4.30. The van der Waals surface area contributed by atoms with Crippen LogP contribution in [-0.4, -0.2) is 43.8 Å². The van der Waals surface area contributed by atoms with Gasteiger partial charge in [0.05, 0.1) is 15.6 Å². The first-order valence-corrected chi connectivity index (χ1v) is 16.8. The summed E-state index contributed by atoms with van der Waals surface area (Å²) in [6.45, 7) is 6.94. The molecule has 0 aromatic heterocycles. The van der Waals surface area contributed by atoms with Gasteiger partial charge in [-0.05, 0) is 74.7 Å². The monoisotopic (exact) mass is 665 g/mol. The summed E-state index contributed by atoms with van der Waals surface area (Å²) < 4.78 is 29.4. The number of anilines is 1. The fourth-order valence-corrected chi connectivity index (χ4v) is 6.79. The van der Waals surface area contributed by atoms with Gasteiger partial charge in [0.2, 0.25) is 11.8 Å². The molecule has 0 unspecified atom stereocenters. The van der Waals surface area contributed by atoms with Gasteiger partial charge in [-0.3, -0.25) is 13.9 Å². The average Bonchev–Trinajstić information content (AvgIpc) is 3.00. The van der Waals surface area contributed by atoms with Crippen LogP contribution < -0.4 is 9.62 Å². The van der Waals surface area contributed by atoms with Crippen molar-refractivity contribution in [2.75, 3.05) is 10.8 Å². The number of nitrogens with one attached hydrogen (secondary N) is 1. The van der Waals surface area contributed by atoms with Crippen LogP contribution in [0.2, 0.25) is 10.0 Å². The number of aryl methyl sites for hydroxylation is 2. The van der Waals surface area contributed by atoms with Crippen LogP contribution in [0.15, 0.2) is 102 Å². The third-order valence-corrected chi connectivity index (χ3v) is 9.70. The van der Waals surface area contributed by atoms with Gasteiger partial charge >= 0.3 is 0 Å². The normalized spacial score (nSPS) is 12.1. The number of benzene rings is 4. The maximum Gasteiger partial charge on any atom is 0.264 e. The summed E-state index contributed by atoms with van der Waals surface area (Å²) in [5.41, 5.74) is 3.54. The minimum Gasteiger partial charge on any atom is -0.352 e. The molecule has 1 atom stereocenters. The predicted octanol–water partition coefficient (Wildman–Crippen LogP) is 6.97. The van der Waals surface area contributed by atoms with Gasteiger partial charge in [-0.1, -0.05) is 95.5 Å². The van der Waals surface area contributed by atoms with Crippen LogP contribution in [0.5, 0.6) is 0 Å². The molecule has 4 aromatic rings. The standard InChI is InChI=1S/C35H37Cl2N3O4S/c1-24(2)38-35(42)33(20-27-11-6-5-7-12-27)39(22-28-13-9-8-10-26(28)4)34(41)23-40(32-21-29(36)16-19-31(32)37)45(43,44)30-17-14-25(3)15-18-30/h5-19,21,24,33H,20,22-23H2,1-4H3,(H,38,42)/t33-/m1/s1. The van der Waals surface area contributed by atoms with E-state index in [9.17, 15) is 18.0 Å². The van der Waals surface area contributed by atoms with Crippen molar-refractivity contribution in [3.8, 4) is 0 Å². The number of halogens is 2. The third-order valence-electron chi connectivity index (χ3n) is 7.37. The Hall–Kier alpha value is -3.85. The van der Waals surface area contributed by atoms with Crippen molar-refractivity contribution >= 4 is 50.7 Å². The molecule has 4 rings (SSSR count). The lowest BCUT2D eigenvalue weighted by Crippen LogP contribution is -2.54. The van der Waals surface area contributed by atoms with Crippen molar-refractivity contribution in [1.82, 2.24) is 10.2 Å². The quantitative estimate of drug-likeness (QED) is 0.177. The molecule has 236 valence electrons. The molecule has 0 spiro atoms. The summed E-state index contributed by atoms with van der Waals surface area (Å²) in [4.78, 5) is 29.8. The Morgan fingerprint density at radius 2 is 1.49 bits per heavy atom. The zero-order valence-electron chi connectivity index (χ0n) is 25.7. The van der Waals surface area contributed by atoms with E-state index in [1.165, 1.54) is 29.2 Å². The van der Waals surface area contributed by atoms with Crippen molar-refractivity contribution in [3.63, 3.8) is 0 Å². The lowest BCUT2D eigenvalue weighted by Gasteiger charge is -2.34. The number of carbonyl (C=O) groups is 2. The molecular formula is C35H37Cl2N3O4S. The predicted molar refractivity (Wildman–Crippen MR) is 181 cm³/mol. The second-order valence-corrected chi connectivity index (χ2v) is 13.9. The first-order chi connectivity index (χ1) is 21.4. The Morgan fingerprint density at radius 3 is 2.13 bits per heavy atom. The van der Waals surface area contributed by atoms with Crippen molar-refractivity contribution in [1.29, 1.82) is 0 Å². The summed E-state index contributed by atoms with van der Waals surface area (Å²) in [5, 5.41) is 3.31. The SMILES string of the molecule is Cc1ccc(S(=O)(=O)N(CC(=O)N(Cc2ccccc2C)[C@H](Cc2ccccc2)C(=O)NC(C)C)c2cc(Cl)ccc2Cl)cc1. The largest absolute Gasteiger partial charge is 0.352 e. The van der Waals surface area contributed by atoms with Gasteiger partial charge < -0.3 is 10.2 Å². The van der Waals surface area contributed by atoms with E-state index in [0.29, 0.717) is 0 Å². The fraction of sp³-hybridized carbons (Fsp3) is 0.257. The van der Waals surface area contributed by atoms with Crippen LogP contribution in [0.3, 0.4) is 0 Å². The third kappa shape index (κ3) is 8.66. The molecule has 0 heterocycles. The van der Waals surface area contributed by atoms with Gasteiger partial charge in [0, 0.05) is 24.0 Å². The van der Waals surface area contributed by atoms with Crippen molar-refractivity contribution in [3.05, 3.63) is 129 Å². The second kappa shape index (κ2) is 15.0. The summed E-state index contributed by atoms with van der Waals surface area (Å²) in [6, 6.07) is 26.7. The molecule has 7 nitrogen and oxygen atoms in total. The van der Waals surface area contributed by atoms with E-state index >= 15 is 0 Å². The van der Waals surface area contributed by atoms with Gasteiger partial charge in [0.1, 0.15) is 12.6 Å². The number of carbonyl (C=O) groups excluding carboxylic acids is 2. The number of amides is 2. The molecule has 4 aromatic carbocycles. The van der Waals surface area contributed by atoms with Gasteiger partial charge in [0.25, 0.3) is 10.0 Å².